The van der Waals surface area contributed by atoms with Gasteiger partial charge >= 0.3 is 0 Å². The van der Waals surface area contributed by atoms with E-state index in [1.54, 1.807) is 38.1 Å². The third-order valence-electron chi connectivity index (χ3n) is 2.97. The number of halogens is 1. The Morgan fingerprint density at radius 3 is 2.76 bits per heavy atom. The Bertz CT molecular complexity index is 620. The van der Waals surface area contributed by atoms with Crippen LogP contribution in [0.25, 0.3) is 0 Å². The largest absolute Gasteiger partial charge is 0.399 e. The zero-order valence-electron chi connectivity index (χ0n) is 11.8. The molecule has 112 valence electrons. The van der Waals surface area contributed by atoms with Gasteiger partial charge in [0.25, 0.3) is 0 Å². The molecule has 2 rings (SSSR count). The maximum Gasteiger partial charge on any atom is 0.229 e. The van der Waals surface area contributed by atoms with Crippen molar-refractivity contribution >= 4 is 23.1 Å². The van der Waals surface area contributed by atoms with Gasteiger partial charge < -0.3 is 21.5 Å². The topological polar surface area (TPSA) is 96.1 Å². The van der Waals surface area contributed by atoms with Gasteiger partial charge in [-0.05, 0) is 32.0 Å². The van der Waals surface area contributed by atoms with Crippen molar-refractivity contribution in [1.29, 1.82) is 0 Å². The lowest BCUT2D eigenvalue weighted by atomic mass is 10.2. The molecule has 5 N–H and O–H groups in total. The van der Waals surface area contributed by atoms with Crippen molar-refractivity contribution in [2.75, 3.05) is 16.4 Å². The molecule has 0 aliphatic heterocycles. The summed E-state index contributed by atoms with van der Waals surface area (Å²) in [6.07, 6.45) is 0.434. The van der Waals surface area contributed by atoms with Crippen molar-refractivity contribution in [3.8, 4) is 0 Å². The first-order chi connectivity index (χ1) is 9.95. The maximum absolute atomic E-state index is 13.7. The summed E-state index contributed by atoms with van der Waals surface area (Å²) in [7, 11) is 0. The van der Waals surface area contributed by atoms with Crippen LogP contribution in [-0.2, 0) is 0 Å². The molecule has 0 saturated carbocycles. The molecule has 0 fully saturated rings. The number of benzene rings is 1. The van der Waals surface area contributed by atoms with Crippen LogP contribution < -0.4 is 16.4 Å². The summed E-state index contributed by atoms with van der Waals surface area (Å²) in [5, 5.41) is 15.2. The van der Waals surface area contributed by atoms with Crippen molar-refractivity contribution in [2.45, 2.75) is 26.0 Å². The van der Waals surface area contributed by atoms with E-state index in [0.717, 1.165) is 6.20 Å². The van der Waals surface area contributed by atoms with E-state index in [1.807, 2.05) is 0 Å². The first kappa shape index (κ1) is 15.0. The predicted octanol–water partition coefficient (Wildman–Crippen LogP) is 2.12. The van der Waals surface area contributed by atoms with Crippen molar-refractivity contribution in [2.24, 2.45) is 0 Å². The summed E-state index contributed by atoms with van der Waals surface area (Å²) in [6, 6.07) is 6.73. The summed E-state index contributed by atoms with van der Waals surface area (Å²) < 4.78 is 13.7. The quantitative estimate of drug-likeness (QED) is 0.630. The molecule has 0 amide bonds. The normalized spacial score (nSPS) is 13.5. The molecule has 7 heteroatoms. The minimum absolute atomic E-state index is 0.0322. The van der Waals surface area contributed by atoms with Crippen LogP contribution in [0.15, 0.2) is 30.5 Å². The molecule has 0 bridgehead atoms. The number of aliphatic hydroxyl groups is 1. The summed E-state index contributed by atoms with van der Waals surface area (Å²) in [5.74, 6) is -0.312. The molecule has 0 spiro atoms. The van der Waals surface area contributed by atoms with Gasteiger partial charge in [-0.15, -0.1) is 0 Å². The van der Waals surface area contributed by atoms with Gasteiger partial charge in [0.15, 0.2) is 11.6 Å². The average Bonchev–Trinajstić information content (AvgIpc) is 2.42. The third kappa shape index (κ3) is 4.03. The van der Waals surface area contributed by atoms with E-state index in [4.69, 9.17) is 5.73 Å². The van der Waals surface area contributed by atoms with Crippen LogP contribution in [0.2, 0.25) is 0 Å². The fourth-order valence-corrected chi connectivity index (χ4v) is 1.61. The zero-order valence-corrected chi connectivity index (χ0v) is 11.8. The highest BCUT2D eigenvalue weighted by Crippen LogP contribution is 2.19. The van der Waals surface area contributed by atoms with E-state index in [0.29, 0.717) is 11.4 Å². The number of nitrogens with zero attached hydrogens (tertiary/aromatic N) is 2. The molecule has 0 radical (unpaired) electrons. The number of anilines is 4. The summed E-state index contributed by atoms with van der Waals surface area (Å²) in [5.41, 5.74) is 6.99. The monoisotopic (exact) mass is 291 g/mol. The number of rotatable bonds is 5. The second-order valence-electron chi connectivity index (χ2n) is 4.81. The number of aromatic nitrogens is 2. The van der Waals surface area contributed by atoms with Crippen molar-refractivity contribution in [3.05, 3.63) is 36.3 Å². The highest BCUT2D eigenvalue weighted by atomic mass is 19.1. The Hall–Kier alpha value is -2.41. The summed E-state index contributed by atoms with van der Waals surface area (Å²) >= 11 is 0. The lowest BCUT2D eigenvalue weighted by Crippen LogP contribution is -2.28. The average molecular weight is 291 g/mol. The van der Waals surface area contributed by atoms with E-state index >= 15 is 0 Å². The third-order valence-corrected chi connectivity index (χ3v) is 2.97. The molecule has 1 aromatic heterocycles. The molecule has 0 saturated heterocycles. The van der Waals surface area contributed by atoms with Crippen molar-refractivity contribution in [3.63, 3.8) is 0 Å². The Balaban J connectivity index is 2.18. The summed E-state index contributed by atoms with van der Waals surface area (Å²) in [6.45, 7) is 3.35. The fourth-order valence-electron chi connectivity index (χ4n) is 1.61. The number of hydrogen-bond donors (Lipinski definition) is 4. The molecule has 0 unspecified atom stereocenters. The first-order valence-corrected chi connectivity index (χ1v) is 6.55. The van der Waals surface area contributed by atoms with Gasteiger partial charge in [0, 0.05) is 11.4 Å². The Labute approximate surface area is 122 Å². The molecular weight excluding hydrogens is 273 g/mol. The highest BCUT2D eigenvalue weighted by molar-refractivity contribution is 5.60. The van der Waals surface area contributed by atoms with Gasteiger partial charge in [0.1, 0.15) is 0 Å². The summed E-state index contributed by atoms with van der Waals surface area (Å²) in [4.78, 5) is 7.93. The molecule has 2 aromatic rings. The second kappa shape index (κ2) is 6.36. The van der Waals surface area contributed by atoms with E-state index in [9.17, 15) is 9.50 Å². The predicted molar refractivity (Wildman–Crippen MR) is 80.9 cm³/mol. The molecule has 1 aromatic carbocycles. The Morgan fingerprint density at radius 2 is 2.10 bits per heavy atom. The molecular formula is C14H18FN5O. The second-order valence-corrected chi connectivity index (χ2v) is 4.81. The molecule has 6 nitrogen and oxygen atoms in total. The van der Waals surface area contributed by atoms with Crippen LogP contribution in [0.3, 0.4) is 0 Å². The molecule has 2 atom stereocenters. The van der Waals surface area contributed by atoms with Crippen LogP contribution in [0.5, 0.6) is 0 Å². The van der Waals surface area contributed by atoms with Gasteiger partial charge in [0.2, 0.25) is 5.95 Å². The van der Waals surface area contributed by atoms with Crippen molar-refractivity contribution in [1.82, 2.24) is 9.97 Å². The molecule has 21 heavy (non-hydrogen) atoms. The molecule has 1 heterocycles. The van der Waals surface area contributed by atoms with Crippen molar-refractivity contribution < 1.29 is 9.50 Å². The van der Waals surface area contributed by atoms with E-state index < -0.39 is 11.9 Å². The number of nitrogen functional groups attached to an aromatic ring is 1. The van der Waals surface area contributed by atoms with E-state index in [2.05, 4.69) is 20.6 Å². The lowest BCUT2D eigenvalue weighted by molar-refractivity contribution is 0.177. The van der Waals surface area contributed by atoms with E-state index in [-0.39, 0.29) is 17.8 Å². The maximum atomic E-state index is 13.7. The number of aliphatic hydroxyl groups excluding tert-OH is 1. The van der Waals surface area contributed by atoms with Gasteiger partial charge in [-0.3, -0.25) is 0 Å². The van der Waals surface area contributed by atoms with Gasteiger partial charge in [-0.2, -0.15) is 4.98 Å². The SMILES string of the molecule is C[C@H](O)[C@H](C)Nc1nc(Nc2cccc(N)c2)ncc1F. The Morgan fingerprint density at radius 1 is 1.33 bits per heavy atom. The van der Waals surface area contributed by atoms with Gasteiger partial charge in [0.05, 0.1) is 18.3 Å². The van der Waals surface area contributed by atoms with Crippen LogP contribution in [-0.4, -0.2) is 27.2 Å². The number of hydrogen-bond acceptors (Lipinski definition) is 6. The van der Waals surface area contributed by atoms with Crippen LogP contribution >= 0.6 is 0 Å². The lowest BCUT2D eigenvalue weighted by Gasteiger charge is -2.17. The standard InChI is InChI=1S/C14H18FN5O/c1-8(9(2)21)18-13-12(15)7-17-14(20-13)19-11-5-3-4-10(16)6-11/h3-9,21H,16H2,1-2H3,(H2,17,18,19,20)/t8-,9-/m0/s1. The number of nitrogens with two attached hydrogens (primary N) is 1. The molecule has 0 aliphatic rings. The zero-order chi connectivity index (χ0) is 15.4. The number of nitrogens with one attached hydrogen (secondary N) is 2. The van der Waals surface area contributed by atoms with Crippen LogP contribution in [0.4, 0.5) is 27.5 Å². The smallest absolute Gasteiger partial charge is 0.229 e. The minimum Gasteiger partial charge on any atom is -0.399 e. The van der Waals surface area contributed by atoms with Gasteiger partial charge in [-0.25, -0.2) is 9.37 Å². The minimum atomic E-state index is -0.635. The highest BCUT2D eigenvalue weighted by Gasteiger charge is 2.13. The molecule has 0 aliphatic carbocycles. The fraction of sp³-hybridized carbons (Fsp3) is 0.286. The Kier molecular flexibility index (Phi) is 4.54. The van der Waals surface area contributed by atoms with E-state index in [1.165, 1.54) is 0 Å². The van der Waals surface area contributed by atoms with Crippen LogP contribution in [0, 0.1) is 5.82 Å². The first-order valence-electron chi connectivity index (χ1n) is 6.55. The van der Waals surface area contributed by atoms with Gasteiger partial charge in [-0.1, -0.05) is 6.07 Å². The van der Waals surface area contributed by atoms with Crippen LogP contribution in [0.1, 0.15) is 13.8 Å².